The Morgan fingerprint density at radius 3 is 2.83 bits per heavy atom. The van der Waals surface area contributed by atoms with E-state index in [9.17, 15) is 9.59 Å². The summed E-state index contributed by atoms with van der Waals surface area (Å²) in [5.41, 5.74) is 0.895. The summed E-state index contributed by atoms with van der Waals surface area (Å²) in [6, 6.07) is 8.68. The van der Waals surface area contributed by atoms with Crippen molar-refractivity contribution in [3.63, 3.8) is 0 Å². The molecular formula is C17H16N2O3S. The maximum atomic E-state index is 12.2. The van der Waals surface area contributed by atoms with Crippen molar-refractivity contribution in [1.82, 2.24) is 10.3 Å². The number of thiazole rings is 1. The van der Waals surface area contributed by atoms with Gasteiger partial charge in [-0.25, -0.2) is 9.78 Å². The normalized spacial score (nSPS) is 10.9. The molecule has 3 rings (SSSR count). The van der Waals surface area contributed by atoms with Crippen molar-refractivity contribution in [2.75, 3.05) is 6.54 Å². The fraction of sp³-hybridized carbons (Fsp3) is 0.235. The number of rotatable bonds is 4. The second kappa shape index (κ2) is 6.34. The van der Waals surface area contributed by atoms with E-state index in [-0.39, 0.29) is 5.56 Å². The van der Waals surface area contributed by atoms with Crippen LogP contribution in [-0.4, -0.2) is 17.4 Å². The molecule has 2 aromatic heterocycles. The Hall–Kier alpha value is -2.47. The average Bonchev–Trinajstić information content (AvgIpc) is 2.84. The number of fused-ring (bicyclic) bond motifs is 1. The van der Waals surface area contributed by atoms with E-state index in [0.29, 0.717) is 18.5 Å². The van der Waals surface area contributed by atoms with E-state index in [2.05, 4.69) is 10.3 Å². The summed E-state index contributed by atoms with van der Waals surface area (Å²) in [6.45, 7) is 4.42. The highest BCUT2D eigenvalue weighted by molar-refractivity contribution is 7.11. The predicted octanol–water partition coefficient (Wildman–Crippen LogP) is 2.84. The Bertz CT molecular complexity index is 907. The molecule has 6 heteroatoms. The van der Waals surface area contributed by atoms with Crippen molar-refractivity contribution in [2.45, 2.75) is 20.3 Å². The highest BCUT2D eigenvalue weighted by Gasteiger charge is 2.13. The van der Waals surface area contributed by atoms with Crippen molar-refractivity contribution < 1.29 is 9.21 Å². The molecule has 0 aliphatic heterocycles. The largest absolute Gasteiger partial charge is 0.422 e. The minimum Gasteiger partial charge on any atom is -0.422 e. The van der Waals surface area contributed by atoms with Gasteiger partial charge in [0.25, 0.3) is 5.91 Å². The van der Waals surface area contributed by atoms with Crippen LogP contribution in [0.3, 0.4) is 0 Å². The number of hydrogen-bond donors (Lipinski definition) is 1. The van der Waals surface area contributed by atoms with Crippen LogP contribution in [0.1, 0.15) is 25.9 Å². The summed E-state index contributed by atoms with van der Waals surface area (Å²) in [5.74, 6) is -0.422. The summed E-state index contributed by atoms with van der Waals surface area (Å²) >= 11 is 1.62. The molecule has 0 saturated heterocycles. The number of amides is 1. The van der Waals surface area contributed by atoms with E-state index in [1.54, 1.807) is 35.6 Å². The van der Waals surface area contributed by atoms with E-state index >= 15 is 0 Å². The Labute approximate surface area is 137 Å². The Morgan fingerprint density at radius 1 is 1.30 bits per heavy atom. The summed E-state index contributed by atoms with van der Waals surface area (Å²) in [4.78, 5) is 29.7. The third kappa shape index (κ3) is 3.32. The van der Waals surface area contributed by atoms with Crippen molar-refractivity contribution in [1.29, 1.82) is 0 Å². The number of nitrogens with zero attached hydrogens (tertiary/aromatic N) is 1. The lowest BCUT2D eigenvalue weighted by molar-refractivity contribution is 0.0950. The molecule has 1 N–H and O–H groups in total. The molecule has 1 amide bonds. The van der Waals surface area contributed by atoms with E-state index in [4.69, 9.17) is 4.42 Å². The quantitative estimate of drug-likeness (QED) is 0.748. The van der Waals surface area contributed by atoms with Gasteiger partial charge in [-0.05, 0) is 26.0 Å². The second-order valence-corrected chi connectivity index (χ2v) is 6.53. The number of para-hydroxylation sites is 1. The van der Waals surface area contributed by atoms with Crippen LogP contribution in [0.2, 0.25) is 0 Å². The first kappa shape index (κ1) is 15.4. The van der Waals surface area contributed by atoms with E-state index in [1.165, 1.54) is 4.88 Å². The molecule has 0 atom stereocenters. The van der Waals surface area contributed by atoms with Crippen LogP contribution in [-0.2, 0) is 6.42 Å². The summed E-state index contributed by atoms with van der Waals surface area (Å²) < 4.78 is 5.17. The molecule has 23 heavy (non-hydrogen) atoms. The fourth-order valence-corrected chi connectivity index (χ4v) is 3.18. The lowest BCUT2D eigenvalue weighted by Gasteiger charge is -2.04. The van der Waals surface area contributed by atoms with Crippen molar-refractivity contribution in [3.8, 4) is 0 Å². The van der Waals surface area contributed by atoms with Gasteiger partial charge < -0.3 is 9.73 Å². The predicted molar refractivity (Wildman–Crippen MR) is 90.1 cm³/mol. The standard InChI is InChI=1S/C17H16N2O3S/c1-10-11(2)23-15(19-10)7-8-18-16(20)13-9-12-5-3-4-6-14(12)22-17(13)21/h3-6,9H,7-8H2,1-2H3,(H,18,20). The smallest absolute Gasteiger partial charge is 0.349 e. The van der Waals surface area contributed by atoms with Gasteiger partial charge in [0, 0.05) is 23.2 Å². The van der Waals surface area contributed by atoms with Gasteiger partial charge in [0.2, 0.25) is 0 Å². The molecule has 0 spiro atoms. The molecule has 0 radical (unpaired) electrons. The number of hydrogen-bond acceptors (Lipinski definition) is 5. The lowest BCUT2D eigenvalue weighted by atomic mass is 10.2. The van der Waals surface area contributed by atoms with Crippen LogP contribution in [0.4, 0.5) is 0 Å². The molecule has 0 saturated carbocycles. The molecule has 0 aliphatic carbocycles. The number of benzene rings is 1. The summed E-state index contributed by atoms with van der Waals surface area (Å²) in [5, 5.41) is 4.45. The van der Waals surface area contributed by atoms with Gasteiger partial charge in [-0.3, -0.25) is 4.79 Å². The number of carbonyl (C=O) groups excluding carboxylic acids is 1. The molecular weight excluding hydrogens is 312 g/mol. The topological polar surface area (TPSA) is 72.2 Å². The van der Waals surface area contributed by atoms with E-state index < -0.39 is 11.5 Å². The molecule has 1 aromatic carbocycles. The van der Waals surface area contributed by atoms with Gasteiger partial charge in [-0.15, -0.1) is 11.3 Å². The Kier molecular flexibility index (Phi) is 4.25. The van der Waals surface area contributed by atoms with Gasteiger partial charge in [0.15, 0.2) is 0 Å². The fourth-order valence-electron chi connectivity index (χ4n) is 2.24. The molecule has 3 aromatic rings. The minimum atomic E-state index is -0.623. The molecule has 5 nitrogen and oxygen atoms in total. The first-order chi connectivity index (χ1) is 11.0. The number of aromatic nitrogens is 1. The third-order valence-electron chi connectivity index (χ3n) is 3.58. The van der Waals surface area contributed by atoms with Gasteiger partial charge in [0.1, 0.15) is 11.1 Å². The zero-order chi connectivity index (χ0) is 16.4. The number of carbonyl (C=O) groups is 1. The van der Waals surface area contributed by atoms with Crippen LogP contribution in [0.25, 0.3) is 11.0 Å². The molecule has 0 aliphatic rings. The Morgan fingerprint density at radius 2 is 2.09 bits per heavy atom. The van der Waals surface area contributed by atoms with Gasteiger partial charge in [-0.1, -0.05) is 18.2 Å². The zero-order valence-corrected chi connectivity index (χ0v) is 13.7. The van der Waals surface area contributed by atoms with Crippen LogP contribution in [0.5, 0.6) is 0 Å². The van der Waals surface area contributed by atoms with Crippen molar-refractivity contribution in [2.24, 2.45) is 0 Å². The summed E-state index contributed by atoms with van der Waals surface area (Å²) in [7, 11) is 0. The molecule has 0 fully saturated rings. The summed E-state index contributed by atoms with van der Waals surface area (Å²) in [6.07, 6.45) is 0.643. The average molecular weight is 328 g/mol. The highest BCUT2D eigenvalue weighted by Crippen LogP contribution is 2.16. The monoisotopic (exact) mass is 328 g/mol. The van der Waals surface area contributed by atoms with Crippen LogP contribution >= 0.6 is 11.3 Å². The zero-order valence-electron chi connectivity index (χ0n) is 12.9. The van der Waals surface area contributed by atoms with Crippen molar-refractivity contribution >= 4 is 28.2 Å². The number of nitrogens with one attached hydrogen (secondary N) is 1. The Balaban J connectivity index is 1.70. The number of aryl methyl sites for hydroxylation is 2. The van der Waals surface area contributed by atoms with E-state index in [0.717, 1.165) is 16.1 Å². The van der Waals surface area contributed by atoms with Gasteiger partial charge in [0.05, 0.1) is 10.7 Å². The SMILES string of the molecule is Cc1nc(CCNC(=O)c2cc3ccccc3oc2=O)sc1C. The van der Waals surface area contributed by atoms with Gasteiger partial charge >= 0.3 is 5.63 Å². The molecule has 0 bridgehead atoms. The van der Waals surface area contributed by atoms with E-state index in [1.807, 2.05) is 19.9 Å². The van der Waals surface area contributed by atoms with Crippen LogP contribution in [0, 0.1) is 13.8 Å². The first-order valence-electron chi connectivity index (χ1n) is 7.28. The van der Waals surface area contributed by atoms with Crippen molar-refractivity contribution in [3.05, 3.63) is 61.9 Å². The first-order valence-corrected chi connectivity index (χ1v) is 8.10. The molecule has 0 unspecified atom stereocenters. The van der Waals surface area contributed by atoms with Gasteiger partial charge in [-0.2, -0.15) is 0 Å². The third-order valence-corrected chi connectivity index (χ3v) is 4.72. The maximum absolute atomic E-state index is 12.2. The minimum absolute atomic E-state index is 0.0233. The lowest BCUT2D eigenvalue weighted by Crippen LogP contribution is -2.29. The molecule has 2 heterocycles. The van der Waals surface area contributed by atoms with Crippen LogP contribution < -0.4 is 10.9 Å². The maximum Gasteiger partial charge on any atom is 0.349 e. The second-order valence-electron chi connectivity index (χ2n) is 5.24. The van der Waals surface area contributed by atoms with Crippen LogP contribution in [0.15, 0.2) is 39.5 Å². The highest BCUT2D eigenvalue weighted by atomic mass is 32.1. The molecule has 118 valence electrons.